The molecule has 0 aliphatic carbocycles. The fraction of sp³-hybridized carbons (Fsp3) is 0.893. The van der Waals surface area contributed by atoms with Gasteiger partial charge in [-0.1, -0.05) is 54.9 Å². The summed E-state index contributed by atoms with van der Waals surface area (Å²) in [6, 6.07) is -1.18. The maximum Gasteiger partial charge on any atom is 0.244 e. The van der Waals surface area contributed by atoms with Crippen LogP contribution < -0.4 is 10.6 Å². The predicted molar refractivity (Wildman–Crippen MR) is 145 cm³/mol. The molecule has 3 amide bonds. The number of carbonyl (C=O) groups excluding carboxylic acids is 3. The zero-order chi connectivity index (χ0) is 27.2. The highest BCUT2D eigenvalue weighted by atomic mass is 32.2. The molecule has 2 bridgehead atoms. The molecule has 206 valence electrons. The summed E-state index contributed by atoms with van der Waals surface area (Å²) in [5.74, 6) is -1.22. The maximum absolute atomic E-state index is 14.3. The molecule has 3 aliphatic rings. The number of aliphatic hydroxyl groups is 1. The minimum absolute atomic E-state index is 0.0173. The van der Waals surface area contributed by atoms with Gasteiger partial charge in [-0.15, -0.1) is 11.8 Å². The number of hydrogen-bond donors (Lipinski definition) is 3. The summed E-state index contributed by atoms with van der Waals surface area (Å²) >= 11 is 1.69. The summed E-state index contributed by atoms with van der Waals surface area (Å²) in [4.78, 5) is 43.6. The lowest BCUT2D eigenvalue weighted by atomic mass is 9.65. The molecule has 8 heteroatoms. The molecule has 3 fully saturated rings. The van der Waals surface area contributed by atoms with Crippen molar-refractivity contribution < 1.29 is 19.5 Å². The maximum atomic E-state index is 14.3. The monoisotopic (exact) mass is 523 g/mol. The molecule has 3 N–H and O–H groups in total. The molecule has 3 unspecified atom stereocenters. The van der Waals surface area contributed by atoms with Gasteiger partial charge in [0.05, 0.1) is 29.2 Å². The van der Waals surface area contributed by atoms with Crippen LogP contribution in [0, 0.1) is 29.1 Å². The van der Waals surface area contributed by atoms with Gasteiger partial charge >= 0.3 is 0 Å². The van der Waals surface area contributed by atoms with E-state index >= 15 is 0 Å². The van der Waals surface area contributed by atoms with Gasteiger partial charge in [-0.3, -0.25) is 14.4 Å². The number of carbonyl (C=O) groups is 3. The molecule has 0 radical (unpaired) electrons. The van der Waals surface area contributed by atoms with Crippen LogP contribution in [0.2, 0.25) is 0 Å². The van der Waals surface area contributed by atoms with Gasteiger partial charge in [-0.05, 0) is 50.4 Å². The zero-order valence-electron chi connectivity index (χ0n) is 23.8. The van der Waals surface area contributed by atoms with Crippen molar-refractivity contribution in [1.82, 2.24) is 15.5 Å². The Morgan fingerprint density at radius 1 is 1.19 bits per heavy atom. The summed E-state index contributed by atoms with van der Waals surface area (Å²) in [5.41, 5.74) is -0.449. The molecule has 36 heavy (non-hydrogen) atoms. The van der Waals surface area contributed by atoms with Gasteiger partial charge in [-0.25, -0.2) is 0 Å². The molecular formula is C28H49N3O4S. The third-order valence-electron chi connectivity index (χ3n) is 8.56. The Bertz CT molecular complexity index is 856. The number of amides is 3. The lowest BCUT2D eigenvalue weighted by molar-refractivity contribution is -0.144. The number of likely N-dealkylation sites (tertiary alicyclic amines) is 1. The Balaban J connectivity index is 2.08. The Morgan fingerprint density at radius 2 is 1.83 bits per heavy atom. The first-order valence-corrected chi connectivity index (χ1v) is 14.7. The summed E-state index contributed by atoms with van der Waals surface area (Å²) < 4.78 is -0.668. The van der Waals surface area contributed by atoms with Gasteiger partial charge in [0, 0.05) is 17.3 Å². The molecule has 1 spiro atoms. The van der Waals surface area contributed by atoms with Crippen molar-refractivity contribution in [3.8, 4) is 0 Å². The lowest BCUT2D eigenvalue weighted by Crippen LogP contribution is -2.62. The van der Waals surface area contributed by atoms with Gasteiger partial charge in [-0.2, -0.15) is 0 Å². The SMILES string of the molecule is CCCNC(=O)[C@@H]1[C@H]2C(=O)N([C@@H](CO)[C@@H](C)CC)C(C(=O)NC(C)(C)CC(C)(C)C)C23S[C@@H]1CC3C. The van der Waals surface area contributed by atoms with E-state index in [4.69, 9.17) is 0 Å². The molecular weight excluding hydrogens is 474 g/mol. The predicted octanol–water partition coefficient (Wildman–Crippen LogP) is 3.59. The normalized spacial score (nSPS) is 33.4. The van der Waals surface area contributed by atoms with E-state index in [1.165, 1.54) is 0 Å². The second-order valence-corrected chi connectivity index (χ2v) is 14.9. The number of rotatable bonds is 10. The van der Waals surface area contributed by atoms with Crippen molar-refractivity contribution in [3.63, 3.8) is 0 Å². The highest BCUT2D eigenvalue weighted by molar-refractivity contribution is 8.02. The van der Waals surface area contributed by atoms with Gasteiger partial charge in [0.2, 0.25) is 17.7 Å². The standard InChI is InChI=1S/C28H49N3O4S/c1-10-12-29-23(33)20-19-13-17(4)28(36-19)21(20)25(35)31(18(14-32)16(3)11-2)22(28)24(34)30-27(8,9)15-26(5,6)7/h16-22,32H,10-15H2,1-9H3,(H,29,33)(H,30,34)/t16-,17?,18-,19+,20-,21-,22?,28?/m0/s1. The van der Waals surface area contributed by atoms with E-state index in [2.05, 4.69) is 38.3 Å². The summed E-state index contributed by atoms with van der Waals surface area (Å²) in [6.45, 7) is 19.1. The lowest BCUT2D eigenvalue weighted by Gasteiger charge is -2.43. The highest BCUT2D eigenvalue weighted by Gasteiger charge is 2.76. The van der Waals surface area contributed by atoms with Crippen molar-refractivity contribution in [2.75, 3.05) is 13.2 Å². The van der Waals surface area contributed by atoms with E-state index in [9.17, 15) is 19.5 Å². The molecule has 0 aromatic heterocycles. The Hall–Kier alpha value is -1.28. The largest absolute Gasteiger partial charge is 0.394 e. The molecule has 3 aliphatic heterocycles. The number of aliphatic hydroxyl groups excluding tert-OH is 1. The fourth-order valence-electron chi connectivity index (χ4n) is 7.37. The average Bonchev–Trinajstić information content (AvgIpc) is 3.34. The van der Waals surface area contributed by atoms with E-state index in [-0.39, 0.29) is 46.8 Å². The average molecular weight is 524 g/mol. The third-order valence-corrected chi connectivity index (χ3v) is 10.6. The molecule has 0 saturated carbocycles. The van der Waals surface area contributed by atoms with E-state index < -0.39 is 34.2 Å². The Kier molecular flexibility index (Phi) is 8.52. The van der Waals surface area contributed by atoms with Crippen LogP contribution in [0.25, 0.3) is 0 Å². The van der Waals surface area contributed by atoms with Crippen LogP contribution in [-0.2, 0) is 14.4 Å². The molecule has 3 heterocycles. The van der Waals surface area contributed by atoms with Crippen molar-refractivity contribution in [2.24, 2.45) is 29.1 Å². The first-order valence-electron chi connectivity index (χ1n) is 13.9. The molecule has 3 saturated heterocycles. The highest BCUT2D eigenvalue weighted by Crippen LogP contribution is 2.69. The van der Waals surface area contributed by atoms with E-state index in [0.717, 1.165) is 25.7 Å². The number of thioether (sulfide) groups is 1. The van der Waals surface area contributed by atoms with Gasteiger partial charge < -0.3 is 20.6 Å². The minimum atomic E-state index is -0.714. The van der Waals surface area contributed by atoms with Crippen molar-refractivity contribution in [2.45, 2.75) is 116 Å². The first kappa shape index (κ1) is 29.3. The van der Waals surface area contributed by atoms with Crippen molar-refractivity contribution >= 4 is 29.5 Å². The molecule has 0 aromatic rings. The zero-order valence-corrected chi connectivity index (χ0v) is 24.6. The first-order chi connectivity index (χ1) is 16.6. The third kappa shape index (κ3) is 5.05. The van der Waals surface area contributed by atoms with Crippen LogP contribution in [0.3, 0.4) is 0 Å². The van der Waals surface area contributed by atoms with E-state index in [0.29, 0.717) is 6.54 Å². The quantitative estimate of drug-likeness (QED) is 0.407. The molecule has 8 atom stereocenters. The molecule has 3 rings (SSSR count). The Morgan fingerprint density at radius 3 is 2.36 bits per heavy atom. The minimum Gasteiger partial charge on any atom is -0.394 e. The van der Waals surface area contributed by atoms with Crippen LogP contribution >= 0.6 is 11.8 Å². The number of nitrogens with zero attached hydrogens (tertiary/aromatic N) is 1. The topological polar surface area (TPSA) is 98.7 Å². The summed E-state index contributed by atoms with van der Waals surface area (Å²) in [7, 11) is 0. The van der Waals surface area contributed by atoms with Gasteiger partial charge in [0.25, 0.3) is 0 Å². The van der Waals surface area contributed by atoms with Crippen LogP contribution in [0.5, 0.6) is 0 Å². The van der Waals surface area contributed by atoms with Crippen LogP contribution in [0.1, 0.15) is 88.0 Å². The van der Waals surface area contributed by atoms with Gasteiger partial charge in [0.1, 0.15) is 6.04 Å². The number of hydrogen-bond acceptors (Lipinski definition) is 5. The Labute approximate surface area is 222 Å². The van der Waals surface area contributed by atoms with Crippen molar-refractivity contribution in [1.29, 1.82) is 0 Å². The second-order valence-electron chi connectivity index (χ2n) is 13.3. The summed E-state index contributed by atoms with van der Waals surface area (Å²) in [5, 5.41) is 16.8. The second kappa shape index (κ2) is 10.5. The van der Waals surface area contributed by atoms with Crippen molar-refractivity contribution in [3.05, 3.63) is 0 Å². The fourth-order valence-corrected chi connectivity index (χ4v) is 9.78. The molecule has 0 aromatic carbocycles. The van der Waals surface area contributed by atoms with E-state index in [1.54, 1.807) is 16.7 Å². The van der Waals surface area contributed by atoms with E-state index in [1.807, 2.05) is 34.6 Å². The van der Waals surface area contributed by atoms with Crippen LogP contribution in [-0.4, -0.2) is 68.5 Å². The smallest absolute Gasteiger partial charge is 0.244 e. The molecule has 7 nitrogen and oxygen atoms in total. The number of fused-ring (bicyclic) bond motifs is 1. The van der Waals surface area contributed by atoms with Gasteiger partial charge in [0.15, 0.2) is 0 Å². The van der Waals surface area contributed by atoms with Crippen LogP contribution in [0.15, 0.2) is 0 Å². The van der Waals surface area contributed by atoms with Crippen LogP contribution in [0.4, 0.5) is 0 Å². The number of nitrogens with one attached hydrogen (secondary N) is 2. The summed E-state index contributed by atoms with van der Waals surface area (Å²) in [6.07, 6.45) is 3.21.